The van der Waals surface area contributed by atoms with Gasteiger partial charge in [-0.15, -0.1) is 0 Å². The number of nitrogens with zero attached hydrogens (tertiary/aromatic N) is 4. The Hall–Kier alpha value is -3.41. The van der Waals surface area contributed by atoms with Crippen molar-refractivity contribution in [1.29, 1.82) is 0 Å². The lowest BCUT2D eigenvalue weighted by atomic mass is 10.1. The lowest BCUT2D eigenvalue weighted by Crippen LogP contribution is -2.05. The highest BCUT2D eigenvalue weighted by molar-refractivity contribution is 5.87. The molecule has 1 N–H and O–H groups in total. The van der Waals surface area contributed by atoms with Crippen LogP contribution in [0.25, 0.3) is 16.7 Å². The van der Waals surface area contributed by atoms with Crippen molar-refractivity contribution < 1.29 is 4.74 Å². The molecule has 0 saturated heterocycles. The van der Waals surface area contributed by atoms with Gasteiger partial charge in [0.15, 0.2) is 5.65 Å². The van der Waals surface area contributed by atoms with Crippen LogP contribution in [0.3, 0.4) is 0 Å². The number of fused-ring (bicyclic) bond motifs is 1. The fourth-order valence-corrected chi connectivity index (χ4v) is 3.23. The highest BCUT2D eigenvalue weighted by Gasteiger charge is 2.13. The van der Waals surface area contributed by atoms with Crippen LogP contribution in [0.4, 0.5) is 5.82 Å². The van der Waals surface area contributed by atoms with E-state index in [4.69, 9.17) is 4.74 Å². The van der Waals surface area contributed by atoms with Crippen LogP contribution in [0.15, 0.2) is 55.0 Å². The quantitative estimate of drug-likeness (QED) is 0.582. The Morgan fingerprint density at radius 3 is 2.74 bits per heavy atom. The van der Waals surface area contributed by atoms with Crippen molar-refractivity contribution in [2.24, 2.45) is 0 Å². The van der Waals surface area contributed by atoms with Gasteiger partial charge in [0.05, 0.1) is 24.4 Å². The summed E-state index contributed by atoms with van der Waals surface area (Å²) < 4.78 is 7.28. The SMILES string of the molecule is COc1ccccc1CNc1ncnc2c1cnn2-c1ccc(C)cc1C. The van der Waals surface area contributed by atoms with Crippen molar-refractivity contribution in [2.75, 3.05) is 12.4 Å². The van der Waals surface area contributed by atoms with Crippen molar-refractivity contribution in [1.82, 2.24) is 19.7 Å². The number of hydrogen-bond donors (Lipinski definition) is 1. The molecule has 2 aromatic heterocycles. The van der Waals surface area contributed by atoms with E-state index in [-0.39, 0.29) is 0 Å². The van der Waals surface area contributed by atoms with Crippen molar-refractivity contribution in [2.45, 2.75) is 20.4 Å². The van der Waals surface area contributed by atoms with Gasteiger partial charge in [-0.3, -0.25) is 0 Å². The first-order chi connectivity index (χ1) is 13.2. The molecule has 0 unspecified atom stereocenters. The molecule has 0 atom stereocenters. The molecule has 6 heteroatoms. The molecule has 4 aromatic rings. The minimum atomic E-state index is 0.602. The second-order valence-electron chi connectivity index (χ2n) is 6.47. The summed E-state index contributed by atoms with van der Waals surface area (Å²) >= 11 is 0. The second kappa shape index (κ2) is 7.07. The summed E-state index contributed by atoms with van der Waals surface area (Å²) in [5.74, 6) is 1.60. The van der Waals surface area contributed by atoms with Crippen LogP contribution in [-0.2, 0) is 6.54 Å². The molecule has 0 aliphatic carbocycles. The summed E-state index contributed by atoms with van der Waals surface area (Å²) in [6, 6.07) is 14.2. The number of hydrogen-bond acceptors (Lipinski definition) is 5. The number of para-hydroxylation sites is 1. The average Bonchev–Trinajstić information content (AvgIpc) is 3.11. The summed E-state index contributed by atoms with van der Waals surface area (Å²) in [6.45, 7) is 4.77. The summed E-state index contributed by atoms with van der Waals surface area (Å²) in [5, 5.41) is 8.82. The maximum absolute atomic E-state index is 5.42. The van der Waals surface area contributed by atoms with Gasteiger partial charge in [-0.05, 0) is 31.5 Å². The molecule has 0 saturated carbocycles. The molecule has 0 spiro atoms. The normalized spacial score (nSPS) is 10.9. The Kier molecular flexibility index (Phi) is 4.46. The highest BCUT2D eigenvalue weighted by Crippen LogP contribution is 2.25. The zero-order valence-electron chi connectivity index (χ0n) is 15.6. The number of ether oxygens (including phenoxy) is 1. The lowest BCUT2D eigenvalue weighted by molar-refractivity contribution is 0.410. The topological polar surface area (TPSA) is 64.9 Å². The van der Waals surface area contributed by atoms with Gasteiger partial charge in [0.1, 0.15) is 17.9 Å². The number of rotatable bonds is 5. The summed E-state index contributed by atoms with van der Waals surface area (Å²) in [4.78, 5) is 8.86. The molecule has 6 nitrogen and oxygen atoms in total. The van der Waals surface area contributed by atoms with Crippen LogP contribution in [0.5, 0.6) is 5.75 Å². The number of methoxy groups -OCH3 is 1. The standard InChI is InChI=1S/C21H21N5O/c1-14-8-9-18(15(2)10-14)26-21-17(12-25-26)20(23-13-24-21)22-11-16-6-4-5-7-19(16)27-3/h4-10,12-13H,11H2,1-3H3,(H,22,23,24). The summed E-state index contributed by atoms with van der Waals surface area (Å²) in [7, 11) is 1.68. The van der Waals surface area contributed by atoms with Crippen molar-refractivity contribution in [3.05, 3.63) is 71.7 Å². The lowest BCUT2D eigenvalue weighted by Gasteiger charge is -2.11. The Labute approximate surface area is 157 Å². The fourth-order valence-electron chi connectivity index (χ4n) is 3.23. The number of aryl methyl sites for hydroxylation is 2. The van der Waals surface area contributed by atoms with Gasteiger partial charge in [0, 0.05) is 12.1 Å². The van der Waals surface area contributed by atoms with Gasteiger partial charge in [-0.25, -0.2) is 14.6 Å². The smallest absolute Gasteiger partial charge is 0.168 e. The van der Waals surface area contributed by atoms with E-state index in [1.165, 1.54) is 5.56 Å². The Balaban J connectivity index is 1.68. The molecule has 136 valence electrons. The van der Waals surface area contributed by atoms with E-state index in [1.54, 1.807) is 19.6 Å². The summed E-state index contributed by atoms with van der Waals surface area (Å²) in [5.41, 5.74) is 5.24. The third-order valence-electron chi connectivity index (χ3n) is 4.59. The predicted octanol–water partition coefficient (Wildman–Crippen LogP) is 4.05. The zero-order chi connectivity index (χ0) is 18.8. The molecule has 2 heterocycles. The van der Waals surface area contributed by atoms with Gasteiger partial charge in [-0.2, -0.15) is 5.10 Å². The molecule has 4 rings (SSSR count). The molecule has 27 heavy (non-hydrogen) atoms. The van der Waals surface area contributed by atoms with E-state index >= 15 is 0 Å². The van der Waals surface area contributed by atoms with Crippen LogP contribution in [0, 0.1) is 13.8 Å². The van der Waals surface area contributed by atoms with E-state index in [9.17, 15) is 0 Å². The minimum Gasteiger partial charge on any atom is -0.496 e. The zero-order valence-corrected chi connectivity index (χ0v) is 15.6. The van der Waals surface area contributed by atoms with Gasteiger partial charge in [0.25, 0.3) is 0 Å². The van der Waals surface area contributed by atoms with E-state index in [1.807, 2.05) is 28.9 Å². The third-order valence-corrected chi connectivity index (χ3v) is 4.59. The van der Waals surface area contributed by atoms with Crippen LogP contribution in [0.2, 0.25) is 0 Å². The first kappa shape index (κ1) is 17.0. The van der Waals surface area contributed by atoms with E-state index in [2.05, 4.69) is 52.4 Å². The predicted molar refractivity (Wildman–Crippen MR) is 106 cm³/mol. The van der Waals surface area contributed by atoms with Crippen molar-refractivity contribution >= 4 is 16.9 Å². The highest BCUT2D eigenvalue weighted by atomic mass is 16.5. The monoisotopic (exact) mass is 359 g/mol. The Bertz CT molecular complexity index is 1100. The second-order valence-corrected chi connectivity index (χ2v) is 6.47. The van der Waals surface area contributed by atoms with E-state index in [0.717, 1.165) is 39.4 Å². The number of benzene rings is 2. The Morgan fingerprint density at radius 1 is 1.07 bits per heavy atom. The third kappa shape index (κ3) is 3.21. The molecule has 0 radical (unpaired) electrons. The average molecular weight is 359 g/mol. The van der Waals surface area contributed by atoms with Crippen LogP contribution >= 0.6 is 0 Å². The van der Waals surface area contributed by atoms with E-state index < -0.39 is 0 Å². The molecular formula is C21H21N5O. The largest absolute Gasteiger partial charge is 0.496 e. The van der Waals surface area contributed by atoms with Gasteiger partial charge < -0.3 is 10.1 Å². The molecule has 0 aliphatic rings. The maximum atomic E-state index is 5.42. The summed E-state index contributed by atoms with van der Waals surface area (Å²) in [6.07, 6.45) is 3.37. The van der Waals surface area contributed by atoms with Crippen LogP contribution in [0.1, 0.15) is 16.7 Å². The van der Waals surface area contributed by atoms with Gasteiger partial charge in [0.2, 0.25) is 0 Å². The Morgan fingerprint density at radius 2 is 1.93 bits per heavy atom. The van der Waals surface area contributed by atoms with Crippen molar-refractivity contribution in [3.8, 4) is 11.4 Å². The van der Waals surface area contributed by atoms with Gasteiger partial charge >= 0.3 is 0 Å². The molecule has 0 fully saturated rings. The first-order valence-corrected chi connectivity index (χ1v) is 8.79. The van der Waals surface area contributed by atoms with Crippen LogP contribution < -0.4 is 10.1 Å². The van der Waals surface area contributed by atoms with Gasteiger partial charge in [-0.1, -0.05) is 35.9 Å². The number of aromatic nitrogens is 4. The van der Waals surface area contributed by atoms with Crippen molar-refractivity contribution in [3.63, 3.8) is 0 Å². The molecule has 0 amide bonds. The molecule has 0 aliphatic heterocycles. The first-order valence-electron chi connectivity index (χ1n) is 8.79. The number of anilines is 1. The fraction of sp³-hybridized carbons (Fsp3) is 0.190. The molecule has 0 bridgehead atoms. The van der Waals surface area contributed by atoms with Crippen LogP contribution in [-0.4, -0.2) is 26.9 Å². The minimum absolute atomic E-state index is 0.602. The maximum Gasteiger partial charge on any atom is 0.168 e. The van der Waals surface area contributed by atoms with E-state index in [0.29, 0.717) is 6.54 Å². The molecular weight excluding hydrogens is 338 g/mol. The molecule has 2 aromatic carbocycles. The number of nitrogens with one attached hydrogen (secondary N) is 1.